The van der Waals surface area contributed by atoms with E-state index in [9.17, 15) is 0 Å². The van der Waals surface area contributed by atoms with Crippen molar-refractivity contribution in [2.24, 2.45) is 0 Å². The van der Waals surface area contributed by atoms with Gasteiger partial charge in [0.15, 0.2) is 16.8 Å². The molecule has 0 saturated heterocycles. The van der Waals surface area contributed by atoms with E-state index in [0.717, 1.165) is 21.0 Å². The zero-order chi connectivity index (χ0) is 17.2. The van der Waals surface area contributed by atoms with Crippen LogP contribution in [0, 0.1) is 6.92 Å². The molecular weight excluding hydrogens is 334 g/mol. The van der Waals surface area contributed by atoms with Gasteiger partial charge in [0.25, 0.3) is 0 Å². The van der Waals surface area contributed by atoms with Crippen LogP contribution in [0.1, 0.15) is 5.56 Å². The molecule has 7 nitrogen and oxygen atoms in total. The lowest BCUT2D eigenvalue weighted by atomic mass is 10.2. The summed E-state index contributed by atoms with van der Waals surface area (Å²) < 4.78 is 1.12. The summed E-state index contributed by atoms with van der Waals surface area (Å²) in [6.07, 6.45) is 4.85. The maximum atomic E-state index is 6.21. The number of nitrogens with one attached hydrogen (secondary N) is 2. The molecule has 0 bridgehead atoms. The van der Waals surface area contributed by atoms with Crippen LogP contribution in [0.2, 0.25) is 0 Å². The Morgan fingerprint density at radius 1 is 1.00 bits per heavy atom. The molecule has 4 rings (SSSR count). The fraction of sp³-hybridized carbons (Fsp3) is 0.0588. The van der Waals surface area contributed by atoms with Crippen molar-refractivity contribution in [1.82, 2.24) is 19.9 Å². The van der Waals surface area contributed by atoms with Gasteiger partial charge in [0.1, 0.15) is 12.0 Å². The second kappa shape index (κ2) is 6.33. The first-order valence-electron chi connectivity index (χ1n) is 7.61. The number of hydrogen-bond acceptors (Lipinski definition) is 8. The number of aryl methyl sites for hydroxylation is 1. The van der Waals surface area contributed by atoms with Crippen molar-refractivity contribution in [1.29, 1.82) is 0 Å². The summed E-state index contributed by atoms with van der Waals surface area (Å²) in [6.45, 7) is 2.06. The van der Waals surface area contributed by atoms with Gasteiger partial charge in [-0.3, -0.25) is 4.98 Å². The van der Waals surface area contributed by atoms with Crippen LogP contribution in [0.25, 0.3) is 10.2 Å². The third-order valence-electron chi connectivity index (χ3n) is 3.60. The van der Waals surface area contributed by atoms with Gasteiger partial charge in [0, 0.05) is 18.1 Å². The molecule has 0 atom stereocenters. The zero-order valence-electron chi connectivity index (χ0n) is 13.4. The van der Waals surface area contributed by atoms with Gasteiger partial charge in [-0.1, -0.05) is 17.4 Å². The Morgan fingerprint density at radius 3 is 2.56 bits per heavy atom. The minimum absolute atomic E-state index is 0.426. The summed E-state index contributed by atoms with van der Waals surface area (Å²) in [6, 6.07) is 9.83. The topological polar surface area (TPSA) is 102 Å². The average molecular weight is 349 g/mol. The van der Waals surface area contributed by atoms with Crippen molar-refractivity contribution in [3.8, 4) is 0 Å². The highest BCUT2D eigenvalue weighted by molar-refractivity contribution is 7.22. The third-order valence-corrected chi connectivity index (χ3v) is 4.53. The first-order valence-corrected chi connectivity index (χ1v) is 8.42. The van der Waals surface area contributed by atoms with Gasteiger partial charge >= 0.3 is 0 Å². The molecular formula is C17H15N7S. The quantitative estimate of drug-likeness (QED) is 0.514. The summed E-state index contributed by atoms with van der Waals surface area (Å²) in [4.78, 5) is 17.0. The highest BCUT2D eigenvalue weighted by atomic mass is 32.1. The van der Waals surface area contributed by atoms with Gasteiger partial charge in [-0.25, -0.2) is 15.0 Å². The fourth-order valence-corrected chi connectivity index (χ4v) is 3.32. The largest absolute Gasteiger partial charge is 0.393 e. The molecule has 0 aliphatic carbocycles. The van der Waals surface area contributed by atoms with Crippen LogP contribution in [-0.4, -0.2) is 19.9 Å². The van der Waals surface area contributed by atoms with E-state index in [4.69, 9.17) is 5.73 Å². The molecule has 0 amide bonds. The molecule has 4 aromatic rings. The molecule has 3 aromatic heterocycles. The molecule has 3 heterocycles. The lowest BCUT2D eigenvalue weighted by Crippen LogP contribution is -2.05. The summed E-state index contributed by atoms with van der Waals surface area (Å²) in [7, 11) is 0. The van der Waals surface area contributed by atoms with Crippen LogP contribution in [0.15, 0.2) is 49.1 Å². The Balaban J connectivity index is 1.62. The number of fused-ring (bicyclic) bond motifs is 1. The molecule has 1 aromatic carbocycles. The van der Waals surface area contributed by atoms with E-state index < -0.39 is 0 Å². The number of anilines is 5. The molecule has 0 aliphatic heterocycles. The van der Waals surface area contributed by atoms with E-state index in [1.165, 1.54) is 11.9 Å². The standard InChI is InChI=1S/C17H15N7S/c1-10-2-3-12-13(8-10)25-17(23-12)24-16-14(18)15(20-9-21-16)22-11-4-6-19-7-5-11/h2-9H,18H2,1H3,(H2,19,20,21,22,23,24). The smallest absolute Gasteiger partial charge is 0.189 e. The third kappa shape index (κ3) is 3.20. The summed E-state index contributed by atoms with van der Waals surface area (Å²) in [5.74, 6) is 1.04. The second-order valence-corrected chi connectivity index (χ2v) is 6.49. The number of hydrogen-bond donors (Lipinski definition) is 3. The van der Waals surface area contributed by atoms with E-state index in [-0.39, 0.29) is 0 Å². The Bertz CT molecular complexity index is 1030. The zero-order valence-corrected chi connectivity index (χ0v) is 14.2. The van der Waals surface area contributed by atoms with Crippen LogP contribution in [0.5, 0.6) is 0 Å². The summed E-state index contributed by atoms with van der Waals surface area (Å²) in [5.41, 5.74) is 9.63. The van der Waals surface area contributed by atoms with E-state index >= 15 is 0 Å². The Hall–Kier alpha value is -3.26. The summed E-state index contributed by atoms with van der Waals surface area (Å²) in [5, 5.41) is 7.08. The van der Waals surface area contributed by atoms with Crippen molar-refractivity contribution in [3.63, 3.8) is 0 Å². The van der Waals surface area contributed by atoms with Crippen molar-refractivity contribution in [2.45, 2.75) is 6.92 Å². The van der Waals surface area contributed by atoms with Crippen LogP contribution >= 0.6 is 11.3 Å². The number of thiazole rings is 1. The number of nitrogens with two attached hydrogens (primary N) is 1. The molecule has 124 valence electrons. The molecule has 0 fully saturated rings. The second-order valence-electron chi connectivity index (χ2n) is 5.46. The van der Waals surface area contributed by atoms with Crippen molar-refractivity contribution in [3.05, 3.63) is 54.6 Å². The number of nitrogen functional groups attached to an aromatic ring is 1. The lowest BCUT2D eigenvalue weighted by molar-refractivity contribution is 1.17. The Labute approximate surface area is 148 Å². The van der Waals surface area contributed by atoms with Gasteiger partial charge in [-0.05, 0) is 36.8 Å². The number of aromatic nitrogens is 4. The number of benzene rings is 1. The maximum absolute atomic E-state index is 6.21. The van der Waals surface area contributed by atoms with Crippen molar-refractivity contribution >= 4 is 49.7 Å². The van der Waals surface area contributed by atoms with Gasteiger partial charge in [0.2, 0.25) is 0 Å². The lowest BCUT2D eigenvalue weighted by Gasteiger charge is -2.11. The molecule has 0 saturated carbocycles. The minimum atomic E-state index is 0.426. The molecule has 0 spiro atoms. The molecule has 0 aliphatic rings. The van der Waals surface area contributed by atoms with Crippen LogP contribution in [0.4, 0.5) is 28.1 Å². The predicted octanol–water partition coefficient (Wildman–Crippen LogP) is 3.86. The van der Waals surface area contributed by atoms with E-state index in [1.807, 2.05) is 24.3 Å². The molecule has 4 N–H and O–H groups in total. The van der Waals surface area contributed by atoms with E-state index in [0.29, 0.717) is 17.3 Å². The normalized spacial score (nSPS) is 10.8. The van der Waals surface area contributed by atoms with Gasteiger partial charge in [0.05, 0.1) is 10.2 Å². The van der Waals surface area contributed by atoms with Gasteiger partial charge in [-0.15, -0.1) is 0 Å². The number of rotatable bonds is 4. The number of nitrogens with zero attached hydrogens (tertiary/aromatic N) is 4. The minimum Gasteiger partial charge on any atom is -0.393 e. The maximum Gasteiger partial charge on any atom is 0.189 e. The Kier molecular flexibility index (Phi) is 3.87. The van der Waals surface area contributed by atoms with Crippen molar-refractivity contribution < 1.29 is 0 Å². The van der Waals surface area contributed by atoms with Crippen LogP contribution < -0.4 is 16.4 Å². The molecule has 0 unspecified atom stereocenters. The Morgan fingerprint density at radius 2 is 1.76 bits per heavy atom. The number of pyridine rings is 1. The van der Waals surface area contributed by atoms with E-state index in [2.05, 4.69) is 43.6 Å². The highest BCUT2D eigenvalue weighted by Crippen LogP contribution is 2.32. The SMILES string of the molecule is Cc1ccc2nc(Nc3ncnc(Nc4ccncc4)c3N)sc2c1. The first kappa shape index (κ1) is 15.3. The molecule has 0 radical (unpaired) electrons. The van der Waals surface area contributed by atoms with Gasteiger partial charge < -0.3 is 16.4 Å². The molecule has 8 heteroatoms. The van der Waals surface area contributed by atoms with Crippen LogP contribution in [0.3, 0.4) is 0 Å². The van der Waals surface area contributed by atoms with Gasteiger partial charge in [-0.2, -0.15) is 0 Å². The van der Waals surface area contributed by atoms with E-state index in [1.54, 1.807) is 23.7 Å². The molecule has 25 heavy (non-hydrogen) atoms. The van der Waals surface area contributed by atoms with Crippen molar-refractivity contribution in [2.75, 3.05) is 16.4 Å². The monoisotopic (exact) mass is 349 g/mol. The average Bonchev–Trinajstić information content (AvgIpc) is 3.01. The van der Waals surface area contributed by atoms with Crippen LogP contribution in [-0.2, 0) is 0 Å². The first-order chi connectivity index (χ1) is 12.2. The predicted molar refractivity (Wildman–Crippen MR) is 102 cm³/mol. The highest BCUT2D eigenvalue weighted by Gasteiger charge is 2.11. The summed E-state index contributed by atoms with van der Waals surface area (Å²) >= 11 is 1.56. The fourth-order valence-electron chi connectivity index (χ4n) is 2.35.